The summed E-state index contributed by atoms with van der Waals surface area (Å²) in [7, 11) is 0. The van der Waals surface area contributed by atoms with Gasteiger partial charge in [0.25, 0.3) is 0 Å². The number of hydrogen-bond acceptors (Lipinski definition) is 2. The molecule has 1 saturated carbocycles. The fraction of sp³-hybridized carbons (Fsp3) is 1.00. The molecule has 2 rings (SSSR count). The predicted octanol–water partition coefficient (Wildman–Crippen LogP) is 1.68. The smallest absolute Gasteiger partial charge is 0.0618 e. The molecule has 0 bridgehead atoms. The molecule has 0 spiro atoms. The molecular weight excluding hydrogens is 150 g/mol. The van der Waals surface area contributed by atoms with Gasteiger partial charge in [-0.1, -0.05) is 12.8 Å². The highest BCUT2D eigenvalue weighted by Gasteiger charge is 2.29. The van der Waals surface area contributed by atoms with Crippen molar-refractivity contribution in [3.8, 4) is 0 Å². The molecule has 0 aromatic rings. The highest BCUT2D eigenvalue weighted by atomic mass is 16.5. The summed E-state index contributed by atoms with van der Waals surface area (Å²) in [6, 6.07) is 0.407. The van der Waals surface area contributed by atoms with Gasteiger partial charge < -0.3 is 10.5 Å². The molecule has 2 heteroatoms. The Kier molecular flexibility index (Phi) is 2.66. The summed E-state index contributed by atoms with van der Waals surface area (Å²) in [5.41, 5.74) is 5.91. The monoisotopic (exact) mass is 169 g/mol. The van der Waals surface area contributed by atoms with Gasteiger partial charge in [0.05, 0.1) is 6.10 Å². The first kappa shape index (κ1) is 8.52. The van der Waals surface area contributed by atoms with Crippen molar-refractivity contribution < 1.29 is 4.74 Å². The minimum Gasteiger partial charge on any atom is -0.378 e. The second-order valence-corrected chi connectivity index (χ2v) is 4.24. The zero-order chi connectivity index (χ0) is 8.39. The SMILES string of the molecule is NC1CCOC(C2CCCC2)C1. The molecule has 1 aliphatic heterocycles. The highest BCUT2D eigenvalue weighted by molar-refractivity contribution is 4.82. The molecule has 0 aromatic heterocycles. The van der Waals surface area contributed by atoms with Crippen molar-refractivity contribution in [2.45, 2.75) is 50.7 Å². The number of nitrogens with two attached hydrogens (primary N) is 1. The van der Waals surface area contributed by atoms with E-state index in [1.807, 2.05) is 0 Å². The van der Waals surface area contributed by atoms with E-state index < -0.39 is 0 Å². The van der Waals surface area contributed by atoms with E-state index in [-0.39, 0.29) is 0 Å². The van der Waals surface area contributed by atoms with E-state index in [1.165, 1.54) is 25.7 Å². The minimum absolute atomic E-state index is 0.407. The topological polar surface area (TPSA) is 35.2 Å². The van der Waals surface area contributed by atoms with Gasteiger partial charge >= 0.3 is 0 Å². The molecule has 1 saturated heterocycles. The van der Waals surface area contributed by atoms with Crippen LogP contribution in [0.2, 0.25) is 0 Å². The molecule has 0 radical (unpaired) electrons. The van der Waals surface area contributed by atoms with Crippen molar-refractivity contribution in [1.29, 1.82) is 0 Å². The summed E-state index contributed by atoms with van der Waals surface area (Å²) in [5.74, 6) is 0.830. The van der Waals surface area contributed by atoms with Gasteiger partial charge in [-0.3, -0.25) is 0 Å². The summed E-state index contributed by atoms with van der Waals surface area (Å²) in [6.07, 6.45) is 8.21. The van der Waals surface area contributed by atoms with E-state index in [0.29, 0.717) is 12.1 Å². The van der Waals surface area contributed by atoms with E-state index in [9.17, 15) is 0 Å². The van der Waals surface area contributed by atoms with Crippen LogP contribution in [0.15, 0.2) is 0 Å². The van der Waals surface area contributed by atoms with Crippen LogP contribution in [0.25, 0.3) is 0 Å². The molecule has 2 atom stereocenters. The van der Waals surface area contributed by atoms with E-state index >= 15 is 0 Å². The van der Waals surface area contributed by atoms with Crippen molar-refractivity contribution in [2.75, 3.05) is 6.61 Å². The third kappa shape index (κ3) is 1.80. The summed E-state index contributed by atoms with van der Waals surface area (Å²) < 4.78 is 5.75. The fourth-order valence-corrected chi connectivity index (χ4v) is 2.51. The Morgan fingerprint density at radius 2 is 1.83 bits per heavy atom. The zero-order valence-corrected chi connectivity index (χ0v) is 7.67. The third-order valence-electron chi connectivity index (χ3n) is 3.28. The van der Waals surface area contributed by atoms with Gasteiger partial charge in [-0.2, -0.15) is 0 Å². The number of ether oxygens (including phenoxy) is 1. The summed E-state index contributed by atoms with van der Waals surface area (Å²) in [5, 5.41) is 0. The fourth-order valence-electron chi connectivity index (χ4n) is 2.51. The van der Waals surface area contributed by atoms with E-state index in [2.05, 4.69) is 0 Å². The average molecular weight is 169 g/mol. The molecule has 2 aliphatic rings. The molecule has 0 aromatic carbocycles. The second-order valence-electron chi connectivity index (χ2n) is 4.24. The van der Waals surface area contributed by atoms with Gasteiger partial charge in [0.15, 0.2) is 0 Å². The van der Waals surface area contributed by atoms with E-state index in [1.54, 1.807) is 0 Å². The van der Waals surface area contributed by atoms with Crippen LogP contribution >= 0.6 is 0 Å². The van der Waals surface area contributed by atoms with Crippen LogP contribution in [0, 0.1) is 5.92 Å². The maximum Gasteiger partial charge on any atom is 0.0618 e. The maximum absolute atomic E-state index is 5.91. The lowest BCUT2D eigenvalue weighted by Crippen LogP contribution is -2.37. The lowest BCUT2D eigenvalue weighted by Gasteiger charge is -2.31. The highest BCUT2D eigenvalue weighted by Crippen LogP contribution is 2.32. The Morgan fingerprint density at radius 3 is 2.50 bits per heavy atom. The molecule has 1 heterocycles. The van der Waals surface area contributed by atoms with Crippen LogP contribution in [0.1, 0.15) is 38.5 Å². The van der Waals surface area contributed by atoms with Gasteiger partial charge in [-0.25, -0.2) is 0 Å². The van der Waals surface area contributed by atoms with Crippen molar-refractivity contribution in [2.24, 2.45) is 11.7 Å². The van der Waals surface area contributed by atoms with Crippen molar-refractivity contribution in [1.82, 2.24) is 0 Å². The first-order valence-electron chi connectivity index (χ1n) is 5.23. The van der Waals surface area contributed by atoms with Crippen LogP contribution in [0.5, 0.6) is 0 Å². The number of hydrogen-bond donors (Lipinski definition) is 1. The van der Waals surface area contributed by atoms with Crippen molar-refractivity contribution in [3.63, 3.8) is 0 Å². The largest absolute Gasteiger partial charge is 0.378 e. The molecule has 2 fully saturated rings. The van der Waals surface area contributed by atoms with Crippen molar-refractivity contribution in [3.05, 3.63) is 0 Å². The Labute approximate surface area is 74.5 Å². The van der Waals surface area contributed by atoms with E-state index in [4.69, 9.17) is 10.5 Å². The molecule has 2 N–H and O–H groups in total. The minimum atomic E-state index is 0.407. The molecule has 0 amide bonds. The van der Waals surface area contributed by atoms with Crippen LogP contribution in [-0.2, 0) is 4.74 Å². The van der Waals surface area contributed by atoms with Gasteiger partial charge in [0, 0.05) is 12.6 Å². The third-order valence-corrected chi connectivity index (χ3v) is 3.28. The molecule has 2 unspecified atom stereocenters. The summed E-state index contributed by atoms with van der Waals surface area (Å²) >= 11 is 0. The molecule has 70 valence electrons. The lowest BCUT2D eigenvalue weighted by atomic mass is 9.92. The van der Waals surface area contributed by atoms with Crippen LogP contribution in [-0.4, -0.2) is 18.8 Å². The molecule has 2 nitrogen and oxygen atoms in total. The second kappa shape index (κ2) is 3.75. The Hall–Kier alpha value is -0.0800. The van der Waals surface area contributed by atoms with Gasteiger partial charge in [-0.15, -0.1) is 0 Å². The molecular formula is C10H19NO. The Morgan fingerprint density at radius 1 is 1.08 bits per heavy atom. The average Bonchev–Trinajstić information content (AvgIpc) is 2.56. The van der Waals surface area contributed by atoms with Crippen molar-refractivity contribution >= 4 is 0 Å². The lowest BCUT2D eigenvalue weighted by molar-refractivity contribution is -0.0260. The zero-order valence-electron chi connectivity index (χ0n) is 7.67. The standard InChI is InChI=1S/C10H19NO/c11-9-5-6-12-10(7-9)8-3-1-2-4-8/h8-10H,1-7,11H2. The van der Waals surface area contributed by atoms with Crippen LogP contribution in [0.3, 0.4) is 0 Å². The van der Waals surface area contributed by atoms with Crippen LogP contribution < -0.4 is 5.73 Å². The predicted molar refractivity (Wildman–Crippen MR) is 48.9 cm³/mol. The summed E-state index contributed by atoms with van der Waals surface area (Å²) in [4.78, 5) is 0. The first-order chi connectivity index (χ1) is 5.86. The molecule has 12 heavy (non-hydrogen) atoms. The Bertz CT molecular complexity index is 143. The quantitative estimate of drug-likeness (QED) is 0.648. The Balaban J connectivity index is 1.85. The maximum atomic E-state index is 5.91. The number of rotatable bonds is 1. The van der Waals surface area contributed by atoms with Gasteiger partial charge in [0.1, 0.15) is 0 Å². The normalized spacial score (nSPS) is 38.8. The van der Waals surface area contributed by atoms with Gasteiger partial charge in [0.2, 0.25) is 0 Å². The summed E-state index contributed by atoms with van der Waals surface area (Å²) in [6.45, 7) is 0.891. The van der Waals surface area contributed by atoms with Crippen LogP contribution in [0.4, 0.5) is 0 Å². The first-order valence-corrected chi connectivity index (χ1v) is 5.23. The molecule has 1 aliphatic carbocycles. The van der Waals surface area contributed by atoms with Gasteiger partial charge in [-0.05, 0) is 31.6 Å². The van der Waals surface area contributed by atoms with E-state index in [0.717, 1.165) is 25.4 Å².